The largest absolute Gasteiger partial charge is 0.339 e. The Hall–Kier alpha value is -1.48. The van der Waals surface area contributed by atoms with E-state index in [2.05, 4.69) is 31.0 Å². The lowest BCUT2D eigenvalue weighted by Gasteiger charge is -2.32. The maximum atomic E-state index is 13.5. The number of carbonyl (C=O) groups excluding carboxylic acids is 1. The molecule has 1 N–H and O–H groups in total. The minimum atomic E-state index is -3.75. The van der Waals surface area contributed by atoms with Crippen molar-refractivity contribution < 1.29 is 13.2 Å². The normalized spacial score (nSPS) is 21.0. The number of hydrogen-bond donors (Lipinski definition) is 1. The van der Waals surface area contributed by atoms with Crippen LogP contribution >= 0.6 is 0 Å². The van der Waals surface area contributed by atoms with Crippen molar-refractivity contribution in [2.45, 2.75) is 50.5 Å². The molecule has 2 heterocycles. The van der Waals surface area contributed by atoms with Crippen LogP contribution < -0.4 is 5.32 Å². The first kappa shape index (κ1) is 23.2. The summed E-state index contributed by atoms with van der Waals surface area (Å²) in [5.74, 6) is 0.226. The Morgan fingerprint density at radius 2 is 1.83 bits per heavy atom. The Labute approximate surface area is 181 Å². The monoisotopic (exact) mass is 436 g/mol. The summed E-state index contributed by atoms with van der Waals surface area (Å²) in [6, 6.07) is 7.28. The van der Waals surface area contributed by atoms with E-state index in [1.807, 2.05) is 12.1 Å². The molecule has 0 aliphatic carbocycles. The van der Waals surface area contributed by atoms with Gasteiger partial charge in [-0.05, 0) is 49.5 Å². The zero-order chi connectivity index (χ0) is 21.7. The standard InChI is InChI=1S/C22H36N4O3S/c1-4-24-13-5-6-20(24)16-26(17-22(27)25-14-11-23-12-15-25)30(28,29)21-9-7-19(8-10-21)18(2)3/h7-10,18,20,23H,4-6,11-17H2,1-3H3/t20-/m1/s1. The Balaban J connectivity index is 1.83. The first-order valence-electron chi connectivity index (χ1n) is 11.2. The number of nitrogens with zero attached hydrogens (tertiary/aromatic N) is 3. The number of nitrogens with one attached hydrogen (secondary N) is 1. The highest BCUT2D eigenvalue weighted by Crippen LogP contribution is 2.24. The summed E-state index contributed by atoms with van der Waals surface area (Å²) in [5.41, 5.74) is 1.10. The van der Waals surface area contributed by atoms with Gasteiger partial charge in [-0.2, -0.15) is 4.31 Å². The van der Waals surface area contributed by atoms with Gasteiger partial charge in [-0.1, -0.05) is 32.9 Å². The van der Waals surface area contributed by atoms with Gasteiger partial charge in [0.05, 0.1) is 11.4 Å². The van der Waals surface area contributed by atoms with Gasteiger partial charge in [0.2, 0.25) is 15.9 Å². The SMILES string of the molecule is CCN1CCC[C@@H]1CN(CC(=O)N1CCNCC1)S(=O)(=O)c1ccc(C(C)C)cc1. The number of benzene rings is 1. The van der Waals surface area contributed by atoms with E-state index in [4.69, 9.17) is 0 Å². The van der Waals surface area contributed by atoms with Crippen LogP contribution in [0.3, 0.4) is 0 Å². The fourth-order valence-corrected chi connectivity index (χ4v) is 5.77. The van der Waals surface area contributed by atoms with E-state index in [1.165, 1.54) is 4.31 Å². The number of likely N-dealkylation sites (N-methyl/N-ethyl adjacent to an activating group) is 1. The minimum absolute atomic E-state index is 0.0949. The number of sulfonamides is 1. The van der Waals surface area contributed by atoms with Crippen LogP contribution in [0.2, 0.25) is 0 Å². The second-order valence-corrected chi connectivity index (χ2v) is 10.5. The number of rotatable bonds is 8. The van der Waals surface area contributed by atoms with E-state index in [-0.39, 0.29) is 23.4 Å². The second-order valence-electron chi connectivity index (χ2n) is 8.58. The van der Waals surface area contributed by atoms with E-state index in [0.717, 1.165) is 44.6 Å². The first-order chi connectivity index (χ1) is 14.3. The lowest BCUT2D eigenvalue weighted by atomic mass is 10.0. The molecule has 0 saturated carbocycles. The van der Waals surface area contributed by atoms with Crippen molar-refractivity contribution in [1.82, 2.24) is 19.4 Å². The predicted octanol–water partition coefficient (Wildman–Crippen LogP) is 1.72. The molecule has 0 spiro atoms. The molecule has 2 aliphatic heterocycles. The van der Waals surface area contributed by atoms with E-state index < -0.39 is 10.0 Å². The highest BCUT2D eigenvalue weighted by molar-refractivity contribution is 7.89. The molecule has 7 nitrogen and oxygen atoms in total. The maximum absolute atomic E-state index is 13.5. The molecule has 0 unspecified atom stereocenters. The third-order valence-corrected chi connectivity index (χ3v) is 8.11. The molecule has 3 rings (SSSR count). The Bertz CT molecular complexity index is 804. The Morgan fingerprint density at radius 3 is 2.43 bits per heavy atom. The van der Waals surface area contributed by atoms with E-state index >= 15 is 0 Å². The van der Waals surface area contributed by atoms with Gasteiger partial charge in [-0.25, -0.2) is 8.42 Å². The van der Waals surface area contributed by atoms with Gasteiger partial charge in [-0.15, -0.1) is 0 Å². The fourth-order valence-electron chi connectivity index (χ4n) is 4.34. The zero-order valence-corrected chi connectivity index (χ0v) is 19.3. The maximum Gasteiger partial charge on any atom is 0.243 e. The van der Waals surface area contributed by atoms with E-state index in [9.17, 15) is 13.2 Å². The summed E-state index contributed by atoms with van der Waals surface area (Å²) in [6.45, 7) is 11.2. The third kappa shape index (κ3) is 5.41. The van der Waals surface area contributed by atoms with Crippen molar-refractivity contribution >= 4 is 15.9 Å². The summed E-state index contributed by atoms with van der Waals surface area (Å²) in [7, 11) is -3.75. The van der Waals surface area contributed by atoms with Crippen LogP contribution in [-0.4, -0.2) is 86.8 Å². The molecule has 1 amide bonds. The molecule has 30 heavy (non-hydrogen) atoms. The van der Waals surface area contributed by atoms with Gasteiger partial charge in [0, 0.05) is 38.8 Å². The van der Waals surface area contributed by atoms with Gasteiger partial charge in [0.1, 0.15) is 0 Å². The molecule has 1 atom stereocenters. The number of amides is 1. The molecule has 2 aliphatic rings. The van der Waals surface area contributed by atoms with Crippen molar-refractivity contribution in [3.63, 3.8) is 0 Å². The van der Waals surface area contributed by atoms with Crippen LogP contribution in [0.4, 0.5) is 0 Å². The molecular weight excluding hydrogens is 400 g/mol. The summed E-state index contributed by atoms with van der Waals surface area (Å²) in [4.78, 5) is 17.3. The fraction of sp³-hybridized carbons (Fsp3) is 0.682. The highest BCUT2D eigenvalue weighted by Gasteiger charge is 2.34. The second kappa shape index (κ2) is 10.2. The highest BCUT2D eigenvalue weighted by atomic mass is 32.2. The average molecular weight is 437 g/mol. The van der Waals surface area contributed by atoms with Crippen molar-refractivity contribution in [3.05, 3.63) is 29.8 Å². The number of piperazine rings is 1. The minimum Gasteiger partial charge on any atom is -0.339 e. The van der Waals surface area contributed by atoms with Crippen molar-refractivity contribution in [2.75, 3.05) is 52.4 Å². The number of carbonyl (C=O) groups is 1. The Kier molecular flexibility index (Phi) is 7.90. The van der Waals surface area contributed by atoms with Crippen LogP contribution in [0, 0.1) is 0 Å². The lowest BCUT2D eigenvalue weighted by molar-refractivity contribution is -0.132. The van der Waals surface area contributed by atoms with E-state index in [1.54, 1.807) is 17.0 Å². The number of hydrogen-bond acceptors (Lipinski definition) is 5. The average Bonchev–Trinajstić information content (AvgIpc) is 3.21. The van der Waals surface area contributed by atoms with Gasteiger partial charge in [0.15, 0.2) is 0 Å². The van der Waals surface area contributed by atoms with Crippen LogP contribution in [0.25, 0.3) is 0 Å². The van der Waals surface area contributed by atoms with Gasteiger partial charge in [0.25, 0.3) is 0 Å². The van der Waals surface area contributed by atoms with Crippen LogP contribution in [-0.2, 0) is 14.8 Å². The lowest BCUT2D eigenvalue weighted by Crippen LogP contribution is -2.52. The molecule has 8 heteroatoms. The van der Waals surface area contributed by atoms with Gasteiger partial charge in [-0.3, -0.25) is 9.69 Å². The molecule has 2 saturated heterocycles. The third-order valence-electron chi connectivity index (χ3n) is 6.29. The van der Waals surface area contributed by atoms with Gasteiger partial charge < -0.3 is 10.2 Å². The predicted molar refractivity (Wildman–Crippen MR) is 119 cm³/mol. The van der Waals surface area contributed by atoms with Gasteiger partial charge >= 0.3 is 0 Å². The van der Waals surface area contributed by atoms with Crippen molar-refractivity contribution in [3.8, 4) is 0 Å². The Morgan fingerprint density at radius 1 is 1.17 bits per heavy atom. The molecule has 0 radical (unpaired) electrons. The van der Waals surface area contributed by atoms with Crippen LogP contribution in [0.5, 0.6) is 0 Å². The summed E-state index contributed by atoms with van der Waals surface area (Å²) < 4.78 is 28.5. The van der Waals surface area contributed by atoms with Crippen LogP contribution in [0.15, 0.2) is 29.2 Å². The summed E-state index contributed by atoms with van der Waals surface area (Å²) in [6.07, 6.45) is 2.04. The molecule has 1 aromatic rings. The molecule has 168 valence electrons. The van der Waals surface area contributed by atoms with Crippen molar-refractivity contribution in [1.29, 1.82) is 0 Å². The first-order valence-corrected chi connectivity index (χ1v) is 12.6. The van der Waals surface area contributed by atoms with Crippen molar-refractivity contribution in [2.24, 2.45) is 0 Å². The van der Waals surface area contributed by atoms with E-state index in [0.29, 0.717) is 25.6 Å². The molecule has 0 bridgehead atoms. The molecular formula is C22H36N4O3S. The zero-order valence-electron chi connectivity index (χ0n) is 18.5. The smallest absolute Gasteiger partial charge is 0.243 e. The number of likely N-dealkylation sites (tertiary alicyclic amines) is 1. The summed E-state index contributed by atoms with van der Waals surface area (Å²) >= 11 is 0. The van der Waals surface area contributed by atoms with Crippen LogP contribution in [0.1, 0.15) is 45.1 Å². The quantitative estimate of drug-likeness (QED) is 0.672. The molecule has 1 aromatic carbocycles. The molecule has 0 aromatic heterocycles. The summed E-state index contributed by atoms with van der Waals surface area (Å²) in [5, 5.41) is 3.23. The topological polar surface area (TPSA) is 73.0 Å². The molecule has 2 fully saturated rings.